The number of anilines is 1. The van der Waals surface area contributed by atoms with Gasteiger partial charge in [-0.3, -0.25) is 4.79 Å². The maximum Gasteiger partial charge on any atom is 0.586 e. The number of aromatic nitrogens is 2. The van der Waals surface area contributed by atoms with Crippen LogP contribution in [-0.2, 0) is 15.6 Å². The fourth-order valence-electron chi connectivity index (χ4n) is 3.12. The molecule has 0 fully saturated rings. The smallest absolute Gasteiger partial charge is 0.395 e. The number of pyridine rings is 2. The first-order valence-corrected chi connectivity index (χ1v) is 10.6. The normalized spacial score (nSPS) is 21.9. The second kappa shape index (κ2) is 8.46. The number of halogens is 4. The van der Waals surface area contributed by atoms with E-state index in [0.717, 1.165) is 31.4 Å². The molecule has 3 N–H and O–H groups in total. The first-order chi connectivity index (χ1) is 15.4. The van der Waals surface area contributed by atoms with Crippen LogP contribution in [-0.4, -0.2) is 60.3 Å². The van der Waals surface area contributed by atoms with Crippen molar-refractivity contribution in [3.63, 3.8) is 0 Å². The van der Waals surface area contributed by atoms with Crippen LogP contribution in [0.3, 0.4) is 0 Å². The summed E-state index contributed by atoms with van der Waals surface area (Å²) in [5.74, 6) is -4.74. The highest BCUT2D eigenvalue weighted by Gasteiger charge is 2.47. The molecule has 0 radical (unpaired) electrons. The van der Waals surface area contributed by atoms with E-state index in [9.17, 15) is 30.8 Å². The molecule has 0 bridgehead atoms. The van der Waals surface area contributed by atoms with Crippen molar-refractivity contribution in [3.8, 4) is 11.5 Å². The molecule has 0 unspecified atom stereocenters. The van der Waals surface area contributed by atoms with E-state index in [0.29, 0.717) is 4.31 Å². The highest BCUT2D eigenvalue weighted by atomic mass is 32.2. The lowest BCUT2D eigenvalue weighted by Crippen LogP contribution is -2.52. The van der Waals surface area contributed by atoms with Crippen molar-refractivity contribution in [2.24, 2.45) is 10.7 Å². The first kappa shape index (κ1) is 25.3. The van der Waals surface area contributed by atoms with E-state index in [4.69, 9.17) is 5.73 Å². The summed E-state index contributed by atoms with van der Waals surface area (Å²) >= 11 is 0. The van der Waals surface area contributed by atoms with Crippen LogP contribution in [0.5, 0.6) is 11.5 Å². The lowest BCUT2D eigenvalue weighted by molar-refractivity contribution is -0.286. The molecule has 0 spiro atoms. The van der Waals surface area contributed by atoms with E-state index in [2.05, 4.69) is 29.8 Å². The number of rotatable bonds is 4. The van der Waals surface area contributed by atoms with Gasteiger partial charge in [0.1, 0.15) is 35.5 Å². The van der Waals surface area contributed by atoms with Gasteiger partial charge in [0.25, 0.3) is 5.91 Å². The maximum atomic E-state index is 14.6. The number of nitrogens with one attached hydrogen (secondary N) is 1. The van der Waals surface area contributed by atoms with Gasteiger partial charge in [0.2, 0.25) is 16.0 Å². The van der Waals surface area contributed by atoms with Gasteiger partial charge in [-0.05, 0) is 12.1 Å². The molecule has 0 aromatic carbocycles. The van der Waals surface area contributed by atoms with Crippen molar-refractivity contribution < 1.29 is 40.2 Å². The van der Waals surface area contributed by atoms with E-state index in [1.165, 1.54) is 0 Å². The SMILES string of the molecule is CN1C(N)=N[C@](CF)(c2nc(NC(=O)c3cc4c(cn3)OC(F)(F)O4)ccc2F)CS1(=O)=O.S. The summed E-state index contributed by atoms with van der Waals surface area (Å²) in [5.41, 5.74) is 2.20. The van der Waals surface area contributed by atoms with Gasteiger partial charge in [0.05, 0.1) is 6.20 Å². The largest absolute Gasteiger partial charge is 0.586 e. The number of hydrogen-bond acceptors (Lipinski definition) is 9. The highest BCUT2D eigenvalue weighted by Crippen LogP contribution is 2.40. The third-order valence-corrected chi connectivity index (χ3v) is 6.62. The Morgan fingerprint density at radius 2 is 1.97 bits per heavy atom. The van der Waals surface area contributed by atoms with Crippen molar-refractivity contribution in [3.05, 3.63) is 41.6 Å². The Labute approximate surface area is 196 Å². The minimum Gasteiger partial charge on any atom is -0.395 e. The molecule has 4 rings (SSSR count). The van der Waals surface area contributed by atoms with Gasteiger partial charge >= 0.3 is 6.29 Å². The van der Waals surface area contributed by atoms with Crippen molar-refractivity contribution in [2.45, 2.75) is 11.8 Å². The average molecular weight is 524 g/mol. The van der Waals surface area contributed by atoms with E-state index in [1.807, 2.05) is 0 Å². The lowest BCUT2D eigenvalue weighted by Gasteiger charge is -2.34. The number of amides is 1. The van der Waals surface area contributed by atoms with Gasteiger partial charge in [0, 0.05) is 13.1 Å². The topological polar surface area (TPSA) is 149 Å². The standard InChI is InChI=1S/C17H14F4N6O5S.H2S/c1-27-15(22)26-16(6-18,7-33(27,29)30)13-8(19)2-3-12(24-13)25-14(28)9-4-10-11(5-23-9)32-17(20,21)31-10;/h2-5H,6-7H2,1H3,(H2,22,26)(H,24,25,28);1H2/t16-;/m0./s1. The van der Waals surface area contributed by atoms with Crippen molar-refractivity contribution >= 4 is 41.2 Å². The predicted molar refractivity (Wildman–Crippen MR) is 114 cm³/mol. The van der Waals surface area contributed by atoms with Gasteiger partial charge in [0.15, 0.2) is 17.0 Å². The predicted octanol–water partition coefficient (Wildman–Crippen LogP) is 1.06. The second-order valence-corrected chi connectivity index (χ2v) is 9.02. The van der Waals surface area contributed by atoms with Crippen LogP contribution < -0.4 is 20.5 Å². The number of carbonyl (C=O) groups is 1. The highest BCUT2D eigenvalue weighted by molar-refractivity contribution is 7.89. The Hall–Kier alpha value is -3.34. The van der Waals surface area contributed by atoms with E-state index in [-0.39, 0.29) is 30.8 Å². The van der Waals surface area contributed by atoms with E-state index < -0.39 is 63.4 Å². The van der Waals surface area contributed by atoms with Crippen LogP contribution >= 0.6 is 13.5 Å². The number of fused-ring (bicyclic) bond motifs is 1. The summed E-state index contributed by atoms with van der Waals surface area (Å²) in [4.78, 5) is 23.8. The molecule has 1 amide bonds. The monoisotopic (exact) mass is 524 g/mol. The lowest BCUT2D eigenvalue weighted by atomic mass is 9.98. The minimum absolute atomic E-state index is 0. The number of nitrogens with zero attached hydrogens (tertiary/aromatic N) is 4. The fourth-order valence-corrected chi connectivity index (χ4v) is 4.52. The summed E-state index contributed by atoms with van der Waals surface area (Å²) < 4.78 is 88.6. The number of sulfonamides is 1. The zero-order valence-electron chi connectivity index (χ0n) is 17.1. The fraction of sp³-hybridized carbons (Fsp3) is 0.294. The van der Waals surface area contributed by atoms with Crippen LogP contribution in [0.1, 0.15) is 16.2 Å². The molecular weight excluding hydrogens is 508 g/mol. The zero-order valence-corrected chi connectivity index (χ0v) is 18.9. The Bertz CT molecular complexity index is 1300. The molecule has 2 aliphatic rings. The van der Waals surface area contributed by atoms with Crippen LogP contribution in [0, 0.1) is 5.82 Å². The van der Waals surface area contributed by atoms with E-state index in [1.54, 1.807) is 0 Å². The van der Waals surface area contributed by atoms with E-state index >= 15 is 0 Å². The third kappa shape index (κ3) is 4.39. The molecule has 0 saturated heterocycles. The molecule has 184 valence electrons. The Balaban J connectivity index is 0.00000324. The molecule has 34 heavy (non-hydrogen) atoms. The van der Waals surface area contributed by atoms with Crippen LogP contribution in [0.4, 0.5) is 23.4 Å². The summed E-state index contributed by atoms with van der Waals surface area (Å²) in [6.45, 7) is -1.46. The average Bonchev–Trinajstić information content (AvgIpc) is 3.05. The first-order valence-electron chi connectivity index (χ1n) is 8.98. The summed E-state index contributed by atoms with van der Waals surface area (Å²) in [7, 11) is -3.04. The Morgan fingerprint density at radius 1 is 1.29 bits per heavy atom. The summed E-state index contributed by atoms with van der Waals surface area (Å²) in [5, 5.41) is 2.23. The van der Waals surface area contributed by atoms with Gasteiger partial charge in [-0.25, -0.2) is 36.5 Å². The Kier molecular flexibility index (Phi) is 6.29. The van der Waals surface area contributed by atoms with Crippen molar-refractivity contribution in [1.29, 1.82) is 0 Å². The van der Waals surface area contributed by atoms with Gasteiger partial charge in [-0.1, -0.05) is 0 Å². The summed E-state index contributed by atoms with van der Waals surface area (Å²) in [6, 6.07) is 2.72. The zero-order chi connectivity index (χ0) is 24.2. The van der Waals surface area contributed by atoms with Crippen LogP contribution in [0.2, 0.25) is 0 Å². The van der Waals surface area contributed by atoms with Crippen molar-refractivity contribution in [2.75, 3.05) is 24.8 Å². The molecule has 0 aliphatic carbocycles. The minimum atomic E-state index is -4.14. The van der Waals surface area contributed by atoms with Gasteiger partial charge in [-0.2, -0.15) is 13.5 Å². The molecule has 4 heterocycles. The number of aliphatic imine (C=N–C) groups is 1. The van der Waals surface area contributed by atoms with Gasteiger partial charge in [-0.15, -0.1) is 8.78 Å². The summed E-state index contributed by atoms with van der Waals surface area (Å²) in [6.07, 6.45) is -3.07. The van der Waals surface area contributed by atoms with Crippen LogP contribution in [0.25, 0.3) is 0 Å². The third-order valence-electron chi connectivity index (χ3n) is 4.76. The number of alkyl halides is 3. The molecular formula is C17H16F4N6O5S2. The maximum absolute atomic E-state index is 14.6. The molecule has 2 aromatic heterocycles. The van der Waals surface area contributed by atoms with Gasteiger partial charge < -0.3 is 20.5 Å². The van der Waals surface area contributed by atoms with Crippen molar-refractivity contribution in [1.82, 2.24) is 14.3 Å². The molecule has 2 aliphatic heterocycles. The second-order valence-electron chi connectivity index (χ2n) is 7.02. The molecule has 2 aromatic rings. The molecule has 17 heteroatoms. The molecule has 1 atom stereocenters. The Morgan fingerprint density at radius 3 is 2.62 bits per heavy atom. The quantitative estimate of drug-likeness (QED) is 0.564. The molecule has 0 saturated carbocycles. The number of carbonyl (C=O) groups excluding carboxylic acids is 1. The molecule has 11 nitrogen and oxygen atoms in total. The van der Waals surface area contributed by atoms with Crippen LogP contribution in [0.15, 0.2) is 29.4 Å². The number of ether oxygens (including phenoxy) is 2. The number of nitrogens with two attached hydrogens (primary N) is 1. The number of guanidine groups is 1. The number of hydrogen-bond donors (Lipinski definition) is 2.